The molecular formula is C14H10Cl. The summed E-state index contributed by atoms with van der Waals surface area (Å²) in [6.07, 6.45) is 0. The van der Waals surface area contributed by atoms with Gasteiger partial charge in [-0.2, -0.15) is 0 Å². The number of fused-ring (bicyclic) bond motifs is 3. The second-order valence-electron chi connectivity index (χ2n) is 3.78. The second kappa shape index (κ2) is 3.39. The molecule has 0 aliphatic heterocycles. The van der Waals surface area contributed by atoms with Crippen LogP contribution in [0.15, 0.2) is 48.5 Å². The van der Waals surface area contributed by atoms with Crippen LogP contribution >= 0.6 is 11.6 Å². The summed E-state index contributed by atoms with van der Waals surface area (Å²) in [4.78, 5) is 0. The van der Waals surface area contributed by atoms with Crippen molar-refractivity contribution in [1.82, 2.24) is 0 Å². The van der Waals surface area contributed by atoms with E-state index in [1.165, 1.54) is 22.3 Å². The maximum atomic E-state index is 5.94. The van der Waals surface area contributed by atoms with Gasteiger partial charge in [0.25, 0.3) is 0 Å². The predicted octanol–water partition coefficient (Wildman–Crippen LogP) is 4.20. The molecule has 1 heteroatoms. The highest BCUT2D eigenvalue weighted by molar-refractivity contribution is 6.24. The van der Waals surface area contributed by atoms with Gasteiger partial charge in [0.1, 0.15) is 0 Å². The van der Waals surface area contributed by atoms with E-state index in [-0.39, 0.29) is 5.92 Å². The standard InChI is InChI=1S/C14H10Cl/c15-9-14-12-7-3-1-5-10(12)11-6-2-4-8-13(11)14/h1-9,14H. The minimum atomic E-state index is 0.249. The Morgan fingerprint density at radius 2 is 1.27 bits per heavy atom. The average molecular weight is 214 g/mol. The summed E-state index contributed by atoms with van der Waals surface area (Å²) in [6.45, 7) is 0. The Kier molecular flexibility index (Phi) is 2.03. The molecule has 2 aromatic rings. The summed E-state index contributed by atoms with van der Waals surface area (Å²) in [5.74, 6) is 2.00. The molecule has 73 valence electrons. The van der Waals surface area contributed by atoms with Crippen molar-refractivity contribution >= 4 is 11.6 Å². The van der Waals surface area contributed by atoms with E-state index in [0.29, 0.717) is 0 Å². The molecule has 0 aromatic heterocycles. The molecule has 0 nitrogen and oxygen atoms in total. The minimum Gasteiger partial charge on any atom is -0.120 e. The van der Waals surface area contributed by atoms with Gasteiger partial charge in [-0.15, -0.1) is 11.6 Å². The fraction of sp³-hybridized carbons (Fsp3) is 0.0714. The van der Waals surface area contributed by atoms with Crippen LogP contribution < -0.4 is 0 Å². The van der Waals surface area contributed by atoms with Gasteiger partial charge in [-0.3, -0.25) is 0 Å². The summed E-state index contributed by atoms with van der Waals surface area (Å²) < 4.78 is 0. The van der Waals surface area contributed by atoms with Gasteiger partial charge in [0, 0.05) is 5.92 Å². The molecular weight excluding hydrogens is 204 g/mol. The van der Waals surface area contributed by atoms with Crippen LogP contribution in [0, 0.1) is 5.88 Å². The molecule has 0 amide bonds. The highest BCUT2D eigenvalue weighted by Crippen LogP contribution is 2.46. The minimum absolute atomic E-state index is 0.249. The van der Waals surface area contributed by atoms with Crippen LogP contribution in [0.4, 0.5) is 0 Å². The summed E-state index contributed by atoms with van der Waals surface area (Å²) >= 11 is 5.94. The van der Waals surface area contributed by atoms with Gasteiger partial charge in [0.15, 0.2) is 0 Å². The van der Waals surface area contributed by atoms with Crippen LogP contribution in [-0.4, -0.2) is 0 Å². The van der Waals surface area contributed by atoms with Gasteiger partial charge >= 0.3 is 0 Å². The highest BCUT2D eigenvalue weighted by Gasteiger charge is 2.26. The van der Waals surface area contributed by atoms with Gasteiger partial charge in [0.2, 0.25) is 0 Å². The molecule has 0 bridgehead atoms. The molecule has 1 aliphatic carbocycles. The van der Waals surface area contributed by atoms with Crippen molar-refractivity contribution in [2.24, 2.45) is 0 Å². The summed E-state index contributed by atoms with van der Waals surface area (Å²) in [7, 11) is 0. The molecule has 0 atom stereocenters. The van der Waals surface area contributed by atoms with Crippen molar-refractivity contribution in [3.8, 4) is 11.1 Å². The van der Waals surface area contributed by atoms with Crippen molar-refractivity contribution in [3.05, 3.63) is 65.5 Å². The van der Waals surface area contributed by atoms with E-state index < -0.39 is 0 Å². The molecule has 0 fully saturated rings. The van der Waals surface area contributed by atoms with Crippen molar-refractivity contribution in [1.29, 1.82) is 0 Å². The average Bonchev–Trinajstić information content (AvgIpc) is 2.63. The topological polar surface area (TPSA) is 0 Å². The smallest absolute Gasteiger partial charge is 0.0618 e. The number of halogens is 1. The van der Waals surface area contributed by atoms with Crippen LogP contribution in [0.1, 0.15) is 17.0 Å². The summed E-state index contributed by atoms with van der Waals surface area (Å²) in [5.41, 5.74) is 5.26. The molecule has 2 aromatic carbocycles. The first-order chi connectivity index (χ1) is 7.42. The maximum absolute atomic E-state index is 5.94. The monoisotopic (exact) mass is 213 g/mol. The van der Waals surface area contributed by atoms with E-state index in [2.05, 4.69) is 48.5 Å². The van der Waals surface area contributed by atoms with Crippen molar-refractivity contribution in [2.45, 2.75) is 5.92 Å². The van der Waals surface area contributed by atoms with Gasteiger partial charge in [-0.1, -0.05) is 48.5 Å². The van der Waals surface area contributed by atoms with E-state index in [9.17, 15) is 0 Å². The van der Waals surface area contributed by atoms with Crippen LogP contribution in [0.2, 0.25) is 0 Å². The van der Waals surface area contributed by atoms with Crippen molar-refractivity contribution in [2.75, 3.05) is 0 Å². The van der Waals surface area contributed by atoms with E-state index >= 15 is 0 Å². The van der Waals surface area contributed by atoms with Gasteiger partial charge < -0.3 is 0 Å². The second-order valence-corrected chi connectivity index (χ2v) is 4.03. The number of rotatable bonds is 1. The SMILES string of the molecule is Cl[CH]C1c2ccccc2-c2ccccc21. The van der Waals surface area contributed by atoms with Gasteiger partial charge in [-0.25, -0.2) is 0 Å². The van der Waals surface area contributed by atoms with E-state index in [4.69, 9.17) is 11.6 Å². The molecule has 0 unspecified atom stereocenters. The van der Waals surface area contributed by atoms with Gasteiger partial charge in [-0.05, 0) is 22.3 Å². The highest BCUT2D eigenvalue weighted by atomic mass is 35.5. The lowest BCUT2D eigenvalue weighted by molar-refractivity contribution is 1.04. The molecule has 15 heavy (non-hydrogen) atoms. The first-order valence-electron chi connectivity index (χ1n) is 5.03. The molecule has 1 aliphatic rings. The molecule has 0 heterocycles. The molecule has 3 rings (SSSR count). The van der Waals surface area contributed by atoms with Gasteiger partial charge in [0.05, 0.1) is 5.88 Å². The lowest BCUT2D eigenvalue weighted by Gasteiger charge is -2.07. The molecule has 0 saturated heterocycles. The molecule has 0 saturated carbocycles. The normalized spacial score (nSPS) is 13.7. The Morgan fingerprint density at radius 1 is 0.800 bits per heavy atom. The zero-order valence-electron chi connectivity index (χ0n) is 8.15. The number of hydrogen-bond acceptors (Lipinski definition) is 0. The van der Waals surface area contributed by atoms with Crippen molar-refractivity contribution in [3.63, 3.8) is 0 Å². The predicted molar refractivity (Wildman–Crippen MR) is 63.9 cm³/mol. The first kappa shape index (κ1) is 8.99. The number of hydrogen-bond donors (Lipinski definition) is 0. The third-order valence-electron chi connectivity index (χ3n) is 3.01. The summed E-state index contributed by atoms with van der Waals surface area (Å²) in [6, 6.07) is 16.9. The lowest BCUT2D eigenvalue weighted by atomic mass is 9.99. The number of benzene rings is 2. The molecule has 1 radical (unpaired) electrons. The lowest BCUT2D eigenvalue weighted by Crippen LogP contribution is -1.92. The van der Waals surface area contributed by atoms with Crippen LogP contribution in [0.5, 0.6) is 0 Å². The maximum Gasteiger partial charge on any atom is 0.0618 e. The fourth-order valence-corrected chi connectivity index (χ4v) is 2.60. The summed E-state index contributed by atoms with van der Waals surface area (Å²) in [5, 5.41) is 0. The third-order valence-corrected chi connectivity index (χ3v) is 3.26. The Morgan fingerprint density at radius 3 is 1.73 bits per heavy atom. The van der Waals surface area contributed by atoms with E-state index in [1.807, 2.05) is 0 Å². The van der Waals surface area contributed by atoms with Crippen LogP contribution in [0.3, 0.4) is 0 Å². The molecule has 0 spiro atoms. The quantitative estimate of drug-likeness (QED) is 0.666. The third kappa shape index (κ3) is 1.22. The fourth-order valence-electron chi connectivity index (χ4n) is 2.33. The zero-order chi connectivity index (χ0) is 10.3. The largest absolute Gasteiger partial charge is 0.120 e. The zero-order valence-corrected chi connectivity index (χ0v) is 8.91. The Hall–Kier alpha value is -1.27. The Labute approximate surface area is 94.5 Å². The first-order valence-corrected chi connectivity index (χ1v) is 5.47. The van der Waals surface area contributed by atoms with Crippen LogP contribution in [0.25, 0.3) is 11.1 Å². The van der Waals surface area contributed by atoms with E-state index in [1.54, 1.807) is 5.88 Å². The Bertz CT molecular complexity index is 457. The van der Waals surface area contributed by atoms with Crippen LogP contribution in [-0.2, 0) is 0 Å². The molecule has 0 N–H and O–H groups in total. The van der Waals surface area contributed by atoms with Crippen molar-refractivity contribution < 1.29 is 0 Å². The van der Waals surface area contributed by atoms with E-state index in [0.717, 1.165) is 0 Å². The Balaban J connectivity index is 2.31.